The molecule has 2 atom stereocenters. The summed E-state index contributed by atoms with van der Waals surface area (Å²) in [5, 5.41) is 16.2. The molecule has 2 fully saturated rings. The Morgan fingerprint density at radius 3 is 2.48 bits per heavy atom. The van der Waals surface area contributed by atoms with Crippen LogP contribution in [-0.2, 0) is 0 Å². The van der Waals surface area contributed by atoms with Gasteiger partial charge in [0, 0.05) is 12.6 Å². The fraction of sp³-hybridized carbons (Fsp3) is 0.933. The van der Waals surface area contributed by atoms with Crippen LogP contribution in [-0.4, -0.2) is 42.0 Å². The number of halogens is 4. The monoisotopic (exact) mass is 449 g/mol. The van der Waals surface area contributed by atoms with Crippen molar-refractivity contribution >= 4 is 29.9 Å². The Balaban J connectivity index is 0.00000264. The maximum atomic E-state index is 12.9. The normalized spacial score (nSPS) is 27.6. The Bertz CT molecular complexity index is 400. The van der Waals surface area contributed by atoms with Crippen LogP contribution in [0.1, 0.15) is 51.9 Å². The highest BCUT2D eigenvalue weighted by Crippen LogP contribution is 2.37. The fourth-order valence-corrected chi connectivity index (χ4v) is 3.10. The molecule has 0 aromatic heterocycles. The Kier molecular flexibility index (Phi) is 7.89. The van der Waals surface area contributed by atoms with E-state index in [1.165, 1.54) is 0 Å². The fourth-order valence-electron chi connectivity index (χ4n) is 3.10. The van der Waals surface area contributed by atoms with Crippen molar-refractivity contribution in [3.05, 3.63) is 0 Å². The largest absolute Gasteiger partial charge is 0.391 e. The van der Waals surface area contributed by atoms with Gasteiger partial charge in [0.05, 0.1) is 18.1 Å². The van der Waals surface area contributed by atoms with Crippen LogP contribution in [0.25, 0.3) is 0 Å². The lowest BCUT2D eigenvalue weighted by atomic mass is 9.80. The minimum Gasteiger partial charge on any atom is -0.388 e. The maximum absolute atomic E-state index is 12.9. The molecule has 0 spiro atoms. The van der Waals surface area contributed by atoms with Gasteiger partial charge in [-0.15, -0.1) is 24.0 Å². The molecule has 0 heterocycles. The molecule has 2 aliphatic carbocycles. The zero-order valence-electron chi connectivity index (χ0n) is 13.5. The van der Waals surface area contributed by atoms with Gasteiger partial charge in [-0.05, 0) is 45.4 Å². The smallest absolute Gasteiger partial charge is 0.388 e. The lowest BCUT2D eigenvalue weighted by Crippen LogP contribution is -2.48. The molecule has 0 aromatic carbocycles. The van der Waals surface area contributed by atoms with Crippen LogP contribution in [0.2, 0.25) is 0 Å². The summed E-state index contributed by atoms with van der Waals surface area (Å²) in [4.78, 5) is 4.35. The van der Waals surface area contributed by atoms with E-state index in [9.17, 15) is 18.3 Å². The summed E-state index contributed by atoms with van der Waals surface area (Å²) in [5.41, 5.74) is -0.719. The molecule has 0 bridgehead atoms. The van der Waals surface area contributed by atoms with Gasteiger partial charge in [0.2, 0.25) is 0 Å². The Morgan fingerprint density at radius 1 is 1.26 bits per heavy atom. The van der Waals surface area contributed by atoms with Gasteiger partial charge < -0.3 is 15.7 Å². The first-order valence-electron chi connectivity index (χ1n) is 8.16. The van der Waals surface area contributed by atoms with E-state index in [0.717, 1.165) is 25.7 Å². The first kappa shape index (κ1) is 20.8. The van der Waals surface area contributed by atoms with Crippen LogP contribution in [0.5, 0.6) is 0 Å². The second kappa shape index (κ2) is 8.73. The standard InChI is InChI=1S/C15H26F3N3O.HI/c1-2-19-13(20-10-14(22)7-4-8-14)21-12-6-3-5-11(9-12)15(16,17)18;/h11-12,22H,2-10H2,1H3,(H2,19,20,21);1H. The summed E-state index contributed by atoms with van der Waals surface area (Å²) in [6, 6.07) is -0.214. The van der Waals surface area contributed by atoms with Gasteiger partial charge in [-0.2, -0.15) is 13.2 Å². The first-order chi connectivity index (χ1) is 10.3. The molecule has 8 heteroatoms. The number of hydrogen-bond donors (Lipinski definition) is 3. The van der Waals surface area contributed by atoms with E-state index in [0.29, 0.717) is 25.5 Å². The number of guanidine groups is 1. The SMILES string of the molecule is CCNC(=NCC1(O)CCC1)NC1CCCC(C(F)(F)F)C1.I. The molecule has 2 unspecified atom stereocenters. The minimum absolute atomic E-state index is 0. The number of nitrogens with zero attached hydrogens (tertiary/aromatic N) is 1. The van der Waals surface area contributed by atoms with Crippen molar-refractivity contribution in [3.8, 4) is 0 Å². The summed E-state index contributed by atoms with van der Waals surface area (Å²) in [5.74, 6) is -0.715. The number of nitrogens with one attached hydrogen (secondary N) is 2. The van der Waals surface area contributed by atoms with Crippen molar-refractivity contribution in [1.29, 1.82) is 0 Å². The Morgan fingerprint density at radius 2 is 1.96 bits per heavy atom. The van der Waals surface area contributed by atoms with E-state index in [1.54, 1.807) is 0 Å². The molecule has 2 aliphatic rings. The zero-order chi connectivity index (χ0) is 16.2. The van der Waals surface area contributed by atoms with Crippen LogP contribution >= 0.6 is 24.0 Å². The molecular weight excluding hydrogens is 422 g/mol. The van der Waals surface area contributed by atoms with Gasteiger partial charge in [-0.25, -0.2) is 0 Å². The topological polar surface area (TPSA) is 56.7 Å². The molecule has 2 rings (SSSR count). The number of rotatable bonds is 4. The van der Waals surface area contributed by atoms with Gasteiger partial charge in [-0.1, -0.05) is 6.42 Å². The van der Waals surface area contributed by atoms with Crippen LogP contribution < -0.4 is 10.6 Å². The van der Waals surface area contributed by atoms with Gasteiger partial charge >= 0.3 is 6.18 Å². The summed E-state index contributed by atoms with van der Waals surface area (Å²) in [6.45, 7) is 2.85. The van der Waals surface area contributed by atoms with Crippen LogP contribution in [0.3, 0.4) is 0 Å². The number of hydrogen-bond acceptors (Lipinski definition) is 2. The predicted molar refractivity (Wildman–Crippen MR) is 95.1 cm³/mol. The van der Waals surface area contributed by atoms with E-state index in [4.69, 9.17) is 0 Å². The molecule has 2 saturated carbocycles. The molecule has 0 saturated heterocycles. The second-order valence-electron chi connectivity index (χ2n) is 6.52. The van der Waals surface area contributed by atoms with E-state index < -0.39 is 17.7 Å². The highest BCUT2D eigenvalue weighted by Gasteiger charge is 2.42. The van der Waals surface area contributed by atoms with Crippen LogP contribution in [0, 0.1) is 5.92 Å². The number of alkyl halides is 3. The van der Waals surface area contributed by atoms with Gasteiger partial charge in [0.15, 0.2) is 5.96 Å². The summed E-state index contributed by atoms with van der Waals surface area (Å²) in [6.07, 6.45) is -0.00644. The quantitative estimate of drug-likeness (QED) is 0.351. The van der Waals surface area contributed by atoms with E-state index in [2.05, 4.69) is 15.6 Å². The van der Waals surface area contributed by atoms with Gasteiger partial charge in [-0.3, -0.25) is 4.99 Å². The van der Waals surface area contributed by atoms with Crippen molar-refractivity contribution < 1.29 is 18.3 Å². The van der Waals surface area contributed by atoms with Crippen molar-refractivity contribution in [1.82, 2.24) is 10.6 Å². The van der Waals surface area contributed by atoms with E-state index >= 15 is 0 Å². The second-order valence-corrected chi connectivity index (χ2v) is 6.52. The summed E-state index contributed by atoms with van der Waals surface area (Å²) < 4.78 is 38.6. The first-order valence-corrected chi connectivity index (χ1v) is 8.16. The molecular formula is C15H27F3IN3O. The highest BCUT2D eigenvalue weighted by atomic mass is 127. The van der Waals surface area contributed by atoms with Crippen molar-refractivity contribution in [3.63, 3.8) is 0 Å². The highest BCUT2D eigenvalue weighted by molar-refractivity contribution is 14.0. The van der Waals surface area contributed by atoms with Crippen molar-refractivity contribution in [2.24, 2.45) is 10.9 Å². The third-order valence-corrected chi connectivity index (χ3v) is 4.64. The summed E-state index contributed by atoms with van der Waals surface area (Å²) in [7, 11) is 0. The third-order valence-electron chi connectivity index (χ3n) is 4.64. The van der Waals surface area contributed by atoms with Crippen LogP contribution in [0.15, 0.2) is 4.99 Å². The number of aliphatic hydroxyl groups is 1. The van der Waals surface area contributed by atoms with Crippen molar-refractivity contribution in [2.45, 2.75) is 69.7 Å². The molecule has 0 aromatic rings. The molecule has 136 valence electrons. The average Bonchev–Trinajstić information content (AvgIpc) is 2.42. The molecule has 0 radical (unpaired) electrons. The maximum Gasteiger partial charge on any atom is 0.391 e. The van der Waals surface area contributed by atoms with Crippen LogP contribution in [0.4, 0.5) is 13.2 Å². The lowest BCUT2D eigenvalue weighted by Gasteiger charge is -2.35. The average molecular weight is 449 g/mol. The molecule has 0 amide bonds. The molecule has 3 N–H and O–H groups in total. The predicted octanol–water partition coefficient (Wildman–Crippen LogP) is 3.20. The number of aliphatic imine (C=N–C) groups is 1. The minimum atomic E-state index is -4.11. The molecule has 0 aliphatic heterocycles. The van der Waals surface area contributed by atoms with Gasteiger partial charge in [0.1, 0.15) is 0 Å². The lowest BCUT2D eigenvalue weighted by molar-refractivity contribution is -0.183. The molecule has 4 nitrogen and oxygen atoms in total. The van der Waals surface area contributed by atoms with Crippen molar-refractivity contribution in [2.75, 3.05) is 13.1 Å². The van der Waals surface area contributed by atoms with E-state index in [1.807, 2.05) is 6.92 Å². The summed E-state index contributed by atoms with van der Waals surface area (Å²) >= 11 is 0. The zero-order valence-corrected chi connectivity index (χ0v) is 15.8. The van der Waals surface area contributed by atoms with E-state index in [-0.39, 0.29) is 42.9 Å². The molecule has 23 heavy (non-hydrogen) atoms. The Labute approximate surface area is 152 Å². The Hall–Kier alpha value is -0.250. The third kappa shape index (κ3) is 6.28. The van der Waals surface area contributed by atoms with Gasteiger partial charge in [0.25, 0.3) is 0 Å².